The zero-order valence-corrected chi connectivity index (χ0v) is 20.1. The summed E-state index contributed by atoms with van der Waals surface area (Å²) in [7, 11) is 0. The molecular weight excluding hydrogens is 455 g/mol. The molecule has 2 aliphatic heterocycles. The Kier molecular flexibility index (Phi) is 10.2. The molecule has 2 aliphatic rings. The lowest BCUT2D eigenvalue weighted by Gasteiger charge is -2.35. The Balaban J connectivity index is 0.00000364. The monoisotopic (exact) mass is 494 g/mol. The predicted molar refractivity (Wildman–Crippen MR) is 122 cm³/mol. The van der Waals surface area contributed by atoms with Gasteiger partial charge in [0, 0.05) is 39.3 Å². The quantitative estimate of drug-likeness (QED) is 0.367. The fourth-order valence-electron chi connectivity index (χ4n) is 3.57. The van der Waals surface area contributed by atoms with Crippen LogP contribution in [0.3, 0.4) is 0 Å². The molecule has 7 heteroatoms. The maximum absolute atomic E-state index is 12.3. The molecule has 0 saturated carbocycles. The molecule has 1 atom stereocenters. The number of amides is 1. The van der Waals surface area contributed by atoms with Crippen LogP contribution in [0.5, 0.6) is 0 Å². The van der Waals surface area contributed by atoms with Crippen molar-refractivity contribution < 1.29 is 9.53 Å². The van der Waals surface area contributed by atoms with E-state index in [1.165, 1.54) is 12.8 Å². The van der Waals surface area contributed by atoms with Crippen LogP contribution in [0.2, 0.25) is 0 Å². The first-order valence-corrected chi connectivity index (χ1v) is 10.3. The summed E-state index contributed by atoms with van der Waals surface area (Å²) in [6.45, 7) is 15.6. The SMILES string of the molecule is CCNC(=NCC1CCCN(C(=O)OC(C)(C)C)C1)N1CCC(C)CC1.I. The van der Waals surface area contributed by atoms with Gasteiger partial charge < -0.3 is 19.9 Å². The van der Waals surface area contributed by atoms with Crippen LogP contribution >= 0.6 is 24.0 Å². The lowest BCUT2D eigenvalue weighted by atomic mass is 9.98. The molecule has 158 valence electrons. The number of nitrogens with zero attached hydrogens (tertiary/aromatic N) is 3. The van der Waals surface area contributed by atoms with Gasteiger partial charge >= 0.3 is 6.09 Å². The second-order valence-electron chi connectivity index (χ2n) is 8.80. The summed E-state index contributed by atoms with van der Waals surface area (Å²) in [6.07, 6.45) is 4.43. The van der Waals surface area contributed by atoms with Crippen molar-refractivity contribution in [1.29, 1.82) is 0 Å². The molecule has 0 spiro atoms. The van der Waals surface area contributed by atoms with Gasteiger partial charge in [0.2, 0.25) is 0 Å². The van der Waals surface area contributed by atoms with E-state index < -0.39 is 5.60 Å². The molecule has 2 heterocycles. The molecule has 0 radical (unpaired) electrons. The molecular formula is C20H39IN4O2. The highest BCUT2D eigenvalue weighted by molar-refractivity contribution is 14.0. The molecule has 1 amide bonds. The van der Waals surface area contributed by atoms with Crippen LogP contribution in [-0.2, 0) is 4.74 Å². The molecule has 0 bridgehead atoms. The largest absolute Gasteiger partial charge is 0.444 e. The van der Waals surface area contributed by atoms with Crippen molar-refractivity contribution in [2.75, 3.05) is 39.3 Å². The number of aliphatic imine (C=N–C) groups is 1. The summed E-state index contributed by atoms with van der Waals surface area (Å²) >= 11 is 0. The molecule has 2 rings (SSSR count). The van der Waals surface area contributed by atoms with Gasteiger partial charge in [-0.2, -0.15) is 0 Å². The van der Waals surface area contributed by atoms with Gasteiger partial charge in [-0.15, -0.1) is 24.0 Å². The highest BCUT2D eigenvalue weighted by Gasteiger charge is 2.28. The maximum Gasteiger partial charge on any atom is 0.410 e. The van der Waals surface area contributed by atoms with Gasteiger partial charge in [0.25, 0.3) is 0 Å². The molecule has 27 heavy (non-hydrogen) atoms. The third-order valence-corrected chi connectivity index (χ3v) is 5.09. The molecule has 0 aliphatic carbocycles. The van der Waals surface area contributed by atoms with E-state index in [0.29, 0.717) is 5.92 Å². The Hall–Kier alpha value is -0.730. The van der Waals surface area contributed by atoms with Gasteiger partial charge in [-0.3, -0.25) is 4.99 Å². The number of nitrogens with one attached hydrogen (secondary N) is 1. The van der Waals surface area contributed by atoms with E-state index in [0.717, 1.165) is 64.0 Å². The first-order chi connectivity index (χ1) is 12.3. The van der Waals surface area contributed by atoms with E-state index in [-0.39, 0.29) is 30.1 Å². The molecule has 6 nitrogen and oxygen atoms in total. The van der Waals surface area contributed by atoms with Crippen molar-refractivity contribution in [2.24, 2.45) is 16.8 Å². The average Bonchev–Trinajstić information content (AvgIpc) is 2.58. The number of likely N-dealkylation sites (tertiary alicyclic amines) is 2. The fourth-order valence-corrected chi connectivity index (χ4v) is 3.57. The molecule has 1 unspecified atom stereocenters. The standard InChI is InChI=1S/C20H38N4O2.HI/c1-6-21-18(23-12-9-16(2)10-13-23)22-14-17-8-7-11-24(15-17)19(25)26-20(3,4)5;/h16-17H,6-15H2,1-5H3,(H,21,22);1H. The Morgan fingerprint density at radius 2 is 1.81 bits per heavy atom. The van der Waals surface area contributed by atoms with Crippen molar-refractivity contribution in [3.05, 3.63) is 0 Å². The average molecular weight is 494 g/mol. The van der Waals surface area contributed by atoms with Crippen LogP contribution < -0.4 is 5.32 Å². The Morgan fingerprint density at radius 1 is 1.15 bits per heavy atom. The summed E-state index contributed by atoms with van der Waals surface area (Å²) in [6, 6.07) is 0. The summed E-state index contributed by atoms with van der Waals surface area (Å²) in [4.78, 5) is 21.5. The van der Waals surface area contributed by atoms with E-state index >= 15 is 0 Å². The van der Waals surface area contributed by atoms with Gasteiger partial charge in [-0.1, -0.05) is 6.92 Å². The Bertz CT molecular complexity index is 485. The smallest absolute Gasteiger partial charge is 0.410 e. The number of ether oxygens (including phenoxy) is 1. The van der Waals surface area contributed by atoms with E-state index in [1.54, 1.807) is 0 Å². The minimum absolute atomic E-state index is 0. The second-order valence-corrected chi connectivity index (χ2v) is 8.80. The molecule has 2 saturated heterocycles. The number of halogens is 1. The summed E-state index contributed by atoms with van der Waals surface area (Å²) < 4.78 is 5.53. The van der Waals surface area contributed by atoms with Gasteiger partial charge in [0.1, 0.15) is 5.60 Å². The van der Waals surface area contributed by atoms with Crippen LogP contribution in [0, 0.1) is 11.8 Å². The van der Waals surface area contributed by atoms with Gasteiger partial charge in [-0.05, 0) is 65.2 Å². The molecule has 0 aromatic rings. The molecule has 2 fully saturated rings. The fraction of sp³-hybridized carbons (Fsp3) is 0.900. The Labute approximate surface area is 182 Å². The van der Waals surface area contributed by atoms with E-state index in [1.807, 2.05) is 25.7 Å². The third kappa shape index (κ3) is 8.44. The maximum atomic E-state index is 12.3. The number of carbonyl (C=O) groups is 1. The molecule has 1 N–H and O–H groups in total. The second kappa shape index (κ2) is 11.3. The number of piperidine rings is 2. The highest BCUT2D eigenvalue weighted by Crippen LogP contribution is 2.20. The van der Waals surface area contributed by atoms with Gasteiger partial charge in [-0.25, -0.2) is 4.79 Å². The number of hydrogen-bond donors (Lipinski definition) is 1. The van der Waals surface area contributed by atoms with Crippen LogP contribution in [0.1, 0.15) is 60.3 Å². The van der Waals surface area contributed by atoms with Crippen molar-refractivity contribution in [2.45, 2.75) is 65.9 Å². The summed E-state index contributed by atoms with van der Waals surface area (Å²) in [5.74, 6) is 2.26. The topological polar surface area (TPSA) is 57.2 Å². The number of hydrogen-bond acceptors (Lipinski definition) is 3. The van der Waals surface area contributed by atoms with Gasteiger partial charge in [0.05, 0.1) is 0 Å². The Morgan fingerprint density at radius 3 is 2.41 bits per heavy atom. The predicted octanol–water partition coefficient (Wildman–Crippen LogP) is 3.95. The lowest BCUT2D eigenvalue weighted by Crippen LogP contribution is -2.46. The van der Waals surface area contributed by atoms with E-state index in [4.69, 9.17) is 9.73 Å². The number of carbonyl (C=O) groups excluding carboxylic acids is 1. The van der Waals surface area contributed by atoms with E-state index in [2.05, 4.69) is 24.1 Å². The zero-order valence-electron chi connectivity index (χ0n) is 17.8. The van der Waals surface area contributed by atoms with Gasteiger partial charge in [0.15, 0.2) is 5.96 Å². The van der Waals surface area contributed by atoms with Crippen molar-refractivity contribution in [1.82, 2.24) is 15.1 Å². The summed E-state index contributed by atoms with van der Waals surface area (Å²) in [5.41, 5.74) is -0.439. The third-order valence-electron chi connectivity index (χ3n) is 5.09. The minimum Gasteiger partial charge on any atom is -0.444 e. The molecule has 0 aromatic heterocycles. The zero-order chi connectivity index (χ0) is 19.2. The lowest BCUT2D eigenvalue weighted by molar-refractivity contribution is 0.0170. The van der Waals surface area contributed by atoms with Crippen molar-refractivity contribution in [3.8, 4) is 0 Å². The number of guanidine groups is 1. The van der Waals surface area contributed by atoms with Crippen LogP contribution in [0.25, 0.3) is 0 Å². The van der Waals surface area contributed by atoms with Crippen molar-refractivity contribution in [3.63, 3.8) is 0 Å². The summed E-state index contributed by atoms with van der Waals surface area (Å²) in [5, 5.41) is 3.44. The van der Waals surface area contributed by atoms with Crippen LogP contribution in [0.15, 0.2) is 4.99 Å². The number of rotatable bonds is 3. The first-order valence-electron chi connectivity index (χ1n) is 10.3. The van der Waals surface area contributed by atoms with Crippen LogP contribution in [-0.4, -0.2) is 66.7 Å². The van der Waals surface area contributed by atoms with E-state index in [9.17, 15) is 4.79 Å². The highest BCUT2D eigenvalue weighted by atomic mass is 127. The normalized spacial score (nSPS) is 22.3. The molecule has 0 aromatic carbocycles. The van der Waals surface area contributed by atoms with Crippen LogP contribution in [0.4, 0.5) is 4.79 Å². The van der Waals surface area contributed by atoms with Crippen molar-refractivity contribution >= 4 is 36.0 Å². The first kappa shape index (κ1) is 24.3. The minimum atomic E-state index is -0.439.